The average Bonchev–Trinajstić information content (AvgIpc) is 2.84. The van der Waals surface area contributed by atoms with E-state index < -0.39 is 34.2 Å². The SMILES string of the molecule is C=CC[C@@H]1C=C[C@H](ON=C[C@@H](NS(=O)(=O)c2ccc(C)cc2)[C@H](C)C=CCC(=O)OC)[C@@H](CO)O1. The molecule has 5 atom stereocenters. The molecule has 0 bridgehead atoms. The van der Waals surface area contributed by atoms with Crippen molar-refractivity contribution in [3.05, 3.63) is 66.8 Å². The van der Waals surface area contributed by atoms with Crippen LogP contribution < -0.4 is 4.72 Å². The van der Waals surface area contributed by atoms with Gasteiger partial charge < -0.3 is 19.4 Å². The topological polar surface area (TPSA) is 124 Å². The van der Waals surface area contributed by atoms with Crippen LogP contribution in [0.5, 0.6) is 0 Å². The molecule has 192 valence electrons. The van der Waals surface area contributed by atoms with Crippen LogP contribution >= 0.6 is 0 Å². The number of rotatable bonds is 13. The highest BCUT2D eigenvalue weighted by Gasteiger charge is 2.28. The zero-order valence-corrected chi connectivity index (χ0v) is 21.1. The van der Waals surface area contributed by atoms with E-state index in [4.69, 9.17) is 9.57 Å². The zero-order chi connectivity index (χ0) is 25.8. The van der Waals surface area contributed by atoms with Gasteiger partial charge in [-0.15, -0.1) is 6.58 Å². The lowest BCUT2D eigenvalue weighted by Gasteiger charge is -2.29. The number of carbonyl (C=O) groups excluding carboxylic acids is 1. The van der Waals surface area contributed by atoms with Crippen LogP contribution in [0.4, 0.5) is 0 Å². The summed E-state index contributed by atoms with van der Waals surface area (Å²) in [4.78, 5) is 17.0. The molecule has 1 aliphatic rings. The smallest absolute Gasteiger partial charge is 0.309 e. The minimum atomic E-state index is -3.86. The average molecular weight is 507 g/mol. The molecule has 35 heavy (non-hydrogen) atoms. The first kappa shape index (κ1) is 28.4. The van der Waals surface area contributed by atoms with E-state index in [9.17, 15) is 18.3 Å². The molecule has 1 aliphatic heterocycles. The van der Waals surface area contributed by atoms with Gasteiger partial charge in [0.05, 0.1) is 43.4 Å². The lowest BCUT2D eigenvalue weighted by Crippen LogP contribution is -2.41. The first-order valence-corrected chi connectivity index (χ1v) is 12.8. The Hall–Kier alpha value is -2.79. The number of nitrogens with one attached hydrogen (secondary N) is 1. The maximum Gasteiger partial charge on any atom is 0.309 e. The third kappa shape index (κ3) is 9.06. The van der Waals surface area contributed by atoms with E-state index in [2.05, 4.69) is 21.2 Å². The van der Waals surface area contributed by atoms with Crippen molar-refractivity contribution in [3.63, 3.8) is 0 Å². The van der Waals surface area contributed by atoms with E-state index in [1.165, 1.54) is 25.5 Å². The first-order valence-electron chi connectivity index (χ1n) is 11.3. The van der Waals surface area contributed by atoms with Crippen LogP contribution in [0.3, 0.4) is 0 Å². The predicted molar refractivity (Wildman–Crippen MR) is 133 cm³/mol. The highest BCUT2D eigenvalue weighted by molar-refractivity contribution is 7.89. The van der Waals surface area contributed by atoms with E-state index in [1.807, 2.05) is 13.0 Å². The highest BCUT2D eigenvalue weighted by atomic mass is 32.2. The fourth-order valence-corrected chi connectivity index (χ4v) is 4.51. The van der Waals surface area contributed by atoms with Crippen molar-refractivity contribution in [2.24, 2.45) is 11.1 Å². The Morgan fingerprint density at radius 1 is 1.31 bits per heavy atom. The fourth-order valence-electron chi connectivity index (χ4n) is 3.24. The number of sulfonamides is 1. The molecular weight excluding hydrogens is 472 g/mol. The zero-order valence-electron chi connectivity index (χ0n) is 20.2. The number of aryl methyl sites for hydroxylation is 1. The van der Waals surface area contributed by atoms with Gasteiger partial charge in [0.1, 0.15) is 6.10 Å². The number of esters is 1. The molecule has 0 amide bonds. The van der Waals surface area contributed by atoms with Crippen molar-refractivity contribution in [2.75, 3.05) is 13.7 Å². The maximum atomic E-state index is 13.0. The lowest BCUT2D eigenvalue weighted by molar-refractivity contribution is -0.139. The number of benzene rings is 1. The lowest BCUT2D eigenvalue weighted by atomic mass is 10.0. The first-order chi connectivity index (χ1) is 16.7. The van der Waals surface area contributed by atoms with Crippen LogP contribution in [0.15, 0.2) is 71.3 Å². The quantitative estimate of drug-likeness (QED) is 0.182. The summed E-state index contributed by atoms with van der Waals surface area (Å²) in [5.74, 6) is -0.785. The Morgan fingerprint density at radius 2 is 2.03 bits per heavy atom. The van der Waals surface area contributed by atoms with Crippen molar-refractivity contribution in [2.45, 2.75) is 55.9 Å². The van der Waals surface area contributed by atoms with Gasteiger partial charge in [-0.25, -0.2) is 13.1 Å². The van der Waals surface area contributed by atoms with Gasteiger partial charge in [0.2, 0.25) is 10.0 Å². The van der Waals surface area contributed by atoms with Crippen molar-refractivity contribution >= 4 is 22.2 Å². The van der Waals surface area contributed by atoms with Gasteiger partial charge in [-0.1, -0.05) is 54.1 Å². The van der Waals surface area contributed by atoms with Crippen LogP contribution in [0, 0.1) is 12.8 Å². The van der Waals surface area contributed by atoms with E-state index in [0.717, 1.165) is 5.56 Å². The van der Waals surface area contributed by atoms with Crippen LogP contribution in [-0.2, 0) is 29.1 Å². The number of nitrogens with zero attached hydrogens (tertiary/aromatic N) is 1. The fraction of sp³-hybridized carbons (Fsp3) is 0.440. The van der Waals surface area contributed by atoms with Gasteiger partial charge in [-0.2, -0.15) is 0 Å². The molecule has 0 fully saturated rings. The normalized spacial score (nSPS) is 22.2. The molecule has 0 saturated carbocycles. The van der Waals surface area contributed by atoms with Crippen LogP contribution in [0.1, 0.15) is 25.3 Å². The summed E-state index contributed by atoms with van der Waals surface area (Å²) in [6.45, 7) is 7.06. The molecule has 0 radical (unpaired) electrons. The number of hydrogen-bond acceptors (Lipinski definition) is 8. The van der Waals surface area contributed by atoms with Gasteiger partial charge in [0, 0.05) is 0 Å². The summed E-state index contributed by atoms with van der Waals surface area (Å²) >= 11 is 0. The molecule has 0 aromatic heterocycles. The molecule has 1 aromatic carbocycles. The standard InChI is InChI=1S/C25H34N2O7S/c1-5-7-20-12-15-23(24(17-28)33-20)34-26-16-22(19(3)8-6-9-25(29)32-4)27-35(30,31)21-13-10-18(2)11-14-21/h5-6,8,10-16,19-20,22-24,27-28H,1,7,9,17H2,2-4H3/t19-,20-,22-,23+,24-/m1/s1. The molecule has 1 heterocycles. The Balaban J connectivity index is 2.18. The van der Waals surface area contributed by atoms with Gasteiger partial charge >= 0.3 is 5.97 Å². The Bertz CT molecular complexity index is 1020. The summed E-state index contributed by atoms with van der Waals surface area (Å²) in [5.41, 5.74) is 0.936. The molecule has 0 saturated heterocycles. The van der Waals surface area contributed by atoms with Crippen molar-refractivity contribution in [1.29, 1.82) is 0 Å². The molecule has 0 spiro atoms. The highest BCUT2D eigenvalue weighted by Crippen LogP contribution is 2.19. The second-order valence-electron chi connectivity index (χ2n) is 8.16. The summed E-state index contributed by atoms with van der Waals surface area (Å²) < 4.78 is 38.9. The van der Waals surface area contributed by atoms with E-state index in [1.54, 1.807) is 43.4 Å². The number of aliphatic hydroxyl groups is 1. The number of aliphatic hydroxyl groups excluding tert-OH is 1. The van der Waals surface area contributed by atoms with Gasteiger partial charge in [-0.3, -0.25) is 4.79 Å². The molecule has 0 unspecified atom stereocenters. The molecular formula is C25H34N2O7S. The van der Waals surface area contributed by atoms with E-state index in [-0.39, 0.29) is 29.9 Å². The van der Waals surface area contributed by atoms with E-state index >= 15 is 0 Å². The Kier molecular flexibility index (Phi) is 11.3. The molecule has 10 heteroatoms. The maximum absolute atomic E-state index is 13.0. The van der Waals surface area contributed by atoms with Crippen LogP contribution in [0.25, 0.3) is 0 Å². The second kappa shape index (κ2) is 13.9. The molecule has 2 N–H and O–H groups in total. The predicted octanol–water partition coefficient (Wildman–Crippen LogP) is 2.66. The number of oxime groups is 1. The molecule has 0 aliphatic carbocycles. The largest absolute Gasteiger partial charge is 0.469 e. The third-order valence-corrected chi connectivity index (χ3v) is 6.83. The summed E-state index contributed by atoms with van der Waals surface area (Å²) in [5, 5.41) is 13.6. The second-order valence-corrected chi connectivity index (χ2v) is 9.87. The number of ether oxygens (including phenoxy) is 2. The van der Waals surface area contributed by atoms with Crippen molar-refractivity contribution in [1.82, 2.24) is 4.72 Å². The van der Waals surface area contributed by atoms with E-state index in [0.29, 0.717) is 6.42 Å². The molecule has 1 aromatic rings. The Labute approximate surface area is 207 Å². The van der Waals surface area contributed by atoms with Gasteiger partial charge in [0.25, 0.3) is 0 Å². The summed E-state index contributed by atoms with van der Waals surface area (Å²) in [7, 11) is -2.57. The summed E-state index contributed by atoms with van der Waals surface area (Å²) in [6, 6.07) is 5.69. The monoisotopic (exact) mass is 506 g/mol. The minimum Gasteiger partial charge on any atom is -0.469 e. The van der Waals surface area contributed by atoms with Gasteiger partial charge in [-0.05, 0) is 37.5 Å². The molecule has 9 nitrogen and oxygen atoms in total. The third-order valence-electron chi connectivity index (χ3n) is 5.36. The number of carbonyl (C=O) groups is 1. The molecule has 2 rings (SSSR count). The number of methoxy groups -OCH3 is 1. The Morgan fingerprint density at radius 3 is 2.66 bits per heavy atom. The van der Waals surface area contributed by atoms with Crippen molar-refractivity contribution < 1.29 is 32.6 Å². The number of hydrogen-bond donors (Lipinski definition) is 2. The van der Waals surface area contributed by atoms with Crippen molar-refractivity contribution in [3.8, 4) is 0 Å². The minimum absolute atomic E-state index is 0.0557. The van der Waals surface area contributed by atoms with Gasteiger partial charge in [0.15, 0.2) is 6.10 Å². The van der Waals surface area contributed by atoms with Crippen LogP contribution in [-0.4, -0.2) is 63.8 Å². The van der Waals surface area contributed by atoms with Crippen LogP contribution in [0.2, 0.25) is 0 Å². The summed E-state index contributed by atoms with van der Waals surface area (Å²) in [6.07, 6.45) is 9.12.